The van der Waals surface area contributed by atoms with Crippen molar-refractivity contribution in [1.82, 2.24) is 9.97 Å². The van der Waals surface area contributed by atoms with Crippen LogP contribution in [0.25, 0.3) is 0 Å². The van der Waals surface area contributed by atoms with E-state index < -0.39 is 0 Å². The molecule has 100 valence electrons. The lowest BCUT2D eigenvalue weighted by Crippen LogP contribution is -1.99. The van der Waals surface area contributed by atoms with E-state index in [1.807, 2.05) is 31.2 Å². The highest BCUT2D eigenvalue weighted by Crippen LogP contribution is 2.24. The molecule has 0 aliphatic rings. The monoisotopic (exact) mass is 323 g/mol. The first-order valence-corrected chi connectivity index (χ1v) is 6.58. The Morgan fingerprint density at radius 1 is 1.26 bits per heavy atom. The summed E-state index contributed by atoms with van der Waals surface area (Å²) in [5.41, 5.74) is 0.882. The van der Waals surface area contributed by atoms with Gasteiger partial charge in [0.05, 0.1) is 24.4 Å². The quantitative estimate of drug-likeness (QED) is 0.914. The first kappa shape index (κ1) is 13.6. The summed E-state index contributed by atoms with van der Waals surface area (Å²) >= 11 is 3.31. The SMILES string of the molecule is CCOc1ccc(Nc2ncc(Br)c(OC)n2)cc1. The molecule has 5 nitrogen and oxygen atoms in total. The number of methoxy groups -OCH3 is 1. The zero-order chi connectivity index (χ0) is 13.7. The summed E-state index contributed by atoms with van der Waals surface area (Å²) in [6.07, 6.45) is 1.64. The number of rotatable bonds is 5. The second-order valence-electron chi connectivity index (χ2n) is 3.63. The van der Waals surface area contributed by atoms with E-state index in [9.17, 15) is 0 Å². The summed E-state index contributed by atoms with van der Waals surface area (Å²) in [7, 11) is 1.56. The lowest BCUT2D eigenvalue weighted by atomic mass is 10.3. The number of nitrogens with zero attached hydrogens (tertiary/aromatic N) is 2. The van der Waals surface area contributed by atoms with Gasteiger partial charge in [-0.05, 0) is 47.1 Å². The molecule has 0 spiro atoms. The maximum atomic E-state index is 5.38. The van der Waals surface area contributed by atoms with Crippen LogP contribution < -0.4 is 14.8 Å². The molecule has 0 saturated heterocycles. The molecule has 0 saturated carbocycles. The Morgan fingerprint density at radius 2 is 2.00 bits per heavy atom. The van der Waals surface area contributed by atoms with Crippen molar-refractivity contribution in [2.24, 2.45) is 0 Å². The molecule has 0 aliphatic carbocycles. The summed E-state index contributed by atoms with van der Waals surface area (Å²) in [6.45, 7) is 2.61. The fraction of sp³-hybridized carbons (Fsp3) is 0.231. The van der Waals surface area contributed by atoms with Gasteiger partial charge in [-0.1, -0.05) is 0 Å². The second-order valence-corrected chi connectivity index (χ2v) is 4.49. The molecule has 1 N–H and O–H groups in total. The third kappa shape index (κ3) is 3.57. The fourth-order valence-corrected chi connectivity index (χ4v) is 1.84. The van der Waals surface area contributed by atoms with Gasteiger partial charge in [-0.3, -0.25) is 0 Å². The van der Waals surface area contributed by atoms with Gasteiger partial charge in [-0.2, -0.15) is 4.98 Å². The highest BCUT2D eigenvalue weighted by atomic mass is 79.9. The average Bonchev–Trinajstić information content (AvgIpc) is 2.43. The van der Waals surface area contributed by atoms with Crippen LogP contribution in [0.5, 0.6) is 11.6 Å². The van der Waals surface area contributed by atoms with Gasteiger partial charge in [0.1, 0.15) is 5.75 Å². The molecule has 1 aromatic heterocycles. The smallest absolute Gasteiger partial charge is 0.232 e. The van der Waals surface area contributed by atoms with Crippen molar-refractivity contribution < 1.29 is 9.47 Å². The van der Waals surface area contributed by atoms with Crippen molar-refractivity contribution in [1.29, 1.82) is 0 Å². The molecule has 0 radical (unpaired) electrons. The Morgan fingerprint density at radius 3 is 2.63 bits per heavy atom. The van der Waals surface area contributed by atoms with Crippen LogP contribution >= 0.6 is 15.9 Å². The van der Waals surface area contributed by atoms with Crippen molar-refractivity contribution in [2.75, 3.05) is 19.0 Å². The zero-order valence-electron chi connectivity index (χ0n) is 10.7. The topological polar surface area (TPSA) is 56.3 Å². The van der Waals surface area contributed by atoms with Gasteiger partial charge in [0.2, 0.25) is 11.8 Å². The molecule has 0 aliphatic heterocycles. The van der Waals surface area contributed by atoms with Gasteiger partial charge in [-0.25, -0.2) is 4.98 Å². The minimum atomic E-state index is 0.476. The lowest BCUT2D eigenvalue weighted by molar-refractivity contribution is 0.340. The van der Waals surface area contributed by atoms with Crippen molar-refractivity contribution in [3.63, 3.8) is 0 Å². The Kier molecular flexibility index (Phi) is 4.57. The Bertz CT molecular complexity index is 546. The normalized spacial score (nSPS) is 10.1. The maximum Gasteiger partial charge on any atom is 0.232 e. The van der Waals surface area contributed by atoms with E-state index in [-0.39, 0.29) is 0 Å². The third-order valence-corrected chi connectivity index (χ3v) is 2.87. The summed E-state index contributed by atoms with van der Waals surface area (Å²) < 4.78 is 11.2. The van der Waals surface area contributed by atoms with E-state index in [1.165, 1.54) is 0 Å². The van der Waals surface area contributed by atoms with E-state index in [1.54, 1.807) is 13.3 Å². The van der Waals surface area contributed by atoms with Gasteiger partial charge in [-0.15, -0.1) is 0 Å². The highest BCUT2D eigenvalue weighted by Gasteiger charge is 2.05. The summed E-state index contributed by atoms with van der Waals surface area (Å²) in [6, 6.07) is 7.59. The maximum absolute atomic E-state index is 5.38. The minimum absolute atomic E-state index is 0.476. The van der Waals surface area contributed by atoms with Gasteiger partial charge >= 0.3 is 0 Å². The number of halogens is 1. The molecule has 0 fully saturated rings. The van der Waals surface area contributed by atoms with Crippen LogP contribution in [0.4, 0.5) is 11.6 Å². The molecule has 0 atom stereocenters. The lowest BCUT2D eigenvalue weighted by Gasteiger charge is -2.08. The Hall–Kier alpha value is -1.82. The third-order valence-electron chi connectivity index (χ3n) is 2.33. The van der Waals surface area contributed by atoms with Crippen molar-refractivity contribution in [3.05, 3.63) is 34.9 Å². The predicted octanol–water partition coefficient (Wildman–Crippen LogP) is 3.39. The first-order valence-electron chi connectivity index (χ1n) is 5.79. The highest BCUT2D eigenvalue weighted by molar-refractivity contribution is 9.10. The molecule has 0 bridgehead atoms. The van der Waals surface area contributed by atoms with Gasteiger partial charge < -0.3 is 14.8 Å². The molecule has 2 aromatic rings. The van der Waals surface area contributed by atoms with E-state index in [0.717, 1.165) is 11.4 Å². The Balaban J connectivity index is 2.12. The van der Waals surface area contributed by atoms with E-state index in [0.29, 0.717) is 22.9 Å². The minimum Gasteiger partial charge on any atom is -0.494 e. The number of anilines is 2. The van der Waals surface area contributed by atoms with E-state index >= 15 is 0 Å². The van der Waals surface area contributed by atoms with E-state index in [4.69, 9.17) is 9.47 Å². The van der Waals surface area contributed by atoms with Crippen LogP contribution in [0.2, 0.25) is 0 Å². The number of hydrogen-bond donors (Lipinski definition) is 1. The standard InChI is InChI=1S/C13H14BrN3O2/c1-3-19-10-6-4-9(5-7-10)16-13-15-8-11(14)12(17-13)18-2/h4-8H,3H2,1-2H3,(H,15,16,17). The second kappa shape index (κ2) is 6.38. The summed E-state index contributed by atoms with van der Waals surface area (Å²) in [5.74, 6) is 1.80. The van der Waals surface area contributed by atoms with Crippen LogP contribution in [0.1, 0.15) is 6.92 Å². The van der Waals surface area contributed by atoms with Gasteiger partial charge in [0.25, 0.3) is 0 Å². The largest absolute Gasteiger partial charge is 0.494 e. The first-order chi connectivity index (χ1) is 9.22. The predicted molar refractivity (Wildman–Crippen MR) is 77.2 cm³/mol. The van der Waals surface area contributed by atoms with Crippen LogP contribution in [0, 0.1) is 0 Å². The molecule has 2 rings (SSSR count). The molecule has 0 amide bonds. The number of ether oxygens (including phenoxy) is 2. The van der Waals surface area contributed by atoms with Crippen LogP contribution in [-0.4, -0.2) is 23.7 Å². The zero-order valence-corrected chi connectivity index (χ0v) is 12.3. The molecule has 1 aromatic carbocycles. The number of nitrogens with one attached hydrogen (secondary N) is 1. The van der Waals surface area contributed by atoms with Crippen molar-refractivity contribution >= 4 is 27.6 Å². The molecule has 1 heterocycles. The van der Waals surface area contributed by atoms with Crippen LogP contribution in [0.3, 0.4) is 0 Å². The molecule has 6 heteroatoms. The number of hydrogen-bond acceptors (Lipinski definition) is 5. The van der Waals surface area contributed by atoms with Crippen LogP contribution in [-0.2, 0) is 0 Å². The molecular weight excluding hydrogens is 310 g/mol. The van der Waals surface area contributed by atoms with Crippen LogP contribution in [0.15, 0.2) is 34.9 Å². The van der Waals surface area contributed by atoms with Crippen molar-refractivity contribution in [2.45, 2.75) is 6.92 Å². The molecule has 0 unspecified atom stereocenters. The fourth-order valence-electron chi connectivity index (χ4n) is 1.49. The number of aromatic nitrogens is 2. The molecule has 19 heavy (non-hydrogen) atoms. The summed E-state index contributed by atoms with van der Waals surface area (Å²) in [4.78, 5) is 8.38. The molecular formula is C13H14BrN3O2. The Labute approximate surface area is 120 Å². The van der Waals surface area contributed by atoms with Gasteiger partial charge in [0, 0.05) is 5.69 Å². The average molecular weight is 324 g/mol. The number of benzene rings is 1. The summed E-state index contributed by atoms with van der Waals surface area (Å²) in [5, 5.41) is 3.10. The van der Waals surface area contributed by atoms with Crippen molar-refractivity contribution in [3.8, 4) is 11.6 Å². The van der Waals surface area contributed by atoms with E-state index in [2.05, 4.69) is 31.2 Å². The van der Waals surface area contributed by atoms with Gasteiger partial charge in [0.15, 0.2) is 0 Å².